The highest BCUT2D eigenvalue weighted by Gasteiger charge is 2.68. The number of hydrogen-bond donors (Lipinski definition) is 0. The first-order valence-electron chi connectivity index (χ1n) is 10.4. The molecule has 146 valence electrons. The Morgan fingerprint density at radius 1 is 1.12 bits per heavy atom. The zero-order valence-corrected chi connectivity index (χ0v) is 17.0. The zero-order valence-electron chi connectivity index (χ0n) is 17.0. The van der Waals surface area contributed by atoms with E-state index in [0.717, 1.165) is 19.3 Å². The van der Waals surface area contributed by atoms with Crippen molar-refractivity contribution in [1.82, 2.24) is 0 Å². The predicted molar refractivity (Wildman–Crippen MR) is 98.2 cm³/mol. The minimum absolute atomic E-state index is 0.00828. The minimum atomic E-state index is -0.195. The van der Waals surface area contributed by atoms with Crippen LogP contribution in [0.2, 0.25) is 0 Å². The van der Waals surface area contributed by atoms with E-state index in [2.05, 4.69) is 27.7 Å². The molecule has 0 radical (unpaired) electrons. The second kappa shape index (κ2) is 5.72. The highest BCUT2D eigenvalue weighted by Crippen LogP contribution is 2.70. The normalized spacial score (nSPS) is 49.4. The van der Waals surface area contributed by atoms with E-state index < -0.39 is 0 Å². The SMILES string of the molecule is CC(=O)O[C@@H]1C[C@H]2C(C)(C)CCC[C@]2(C)[C@H]2CC[C@H]3C(=O)OC[C@H]3[C@@]21C. The molecule has 4 heteroatoms. The van der Waals surface area contributed by atoms with Crippen LogP contribution < -0.4 is 0 Å². The molecule has 4 rings (SSSR count). The average Bonchev–Trinajstić information content (AvgIpc) is 2.91. The van der Waals surface area contributed by atoms with Crippen molar-refractivity contribution in [3.05, 3.63) is 0 Å². The fraction of sp³-hybridized carbons (Fsp3) is 0.909. The number of rotatable bonds is 1. The molecule has 4 aliphatic rings. The minimum Gasteiger partial charge on any atom is -0.465 e. The second-order valence-electron chi connectivity index (χ2n) is 10.6. The van der Waals surface area contributed by atoms with Crippen molar-refractivity contribution in [2.45, 2.75) is 79.2 Å². The molecule has 0 bridgehead atoms. The molecular weight excluding hydrogens is 328 g/mol. The van der Waals surface area contributed by atoms with Crippen LogP contribution in [0.3, 0.4) is 0 Å². The van der Waals surface area contributed by atoms with E-state index in [0.29, 0.717) is 18.4 Å². The van der Waals surface area contributed by atoms with Crippen LogP contribution in [-0.4, -0.2) is 24.6 Å². The lowest BCUT2D eigenvalue weighted by Gasteiger charge is -2.67. The molecule has 4 fully saturated rings. The van der Waals surface area contributed by atoms with Gasteiger partial charge in [0.25, 0.3) is 0 Å². The summed E-state index contributed by atoms with van der Waals surface area (Å²) in [7, 11) is 0. The third kappa shape index (κ3) is 2.32. The Labute approximate surface area is 157 Å². The largest absolute Gasteiger partial charge is 0.465 e. The number of carbonyl (C=O) groups is 2. The summed E-state index contributed by atoms with van der Waals surface area (Å²) in [5, 5.41) is 0. The first-order chi connectivity index (χ1) is 12.1. The molecule has 1 saturated heterocycles. The quantitative estimate of drug-likeness (QED) is 0.650. The molecule has 0 aromatic heterocycles. The second-order valence-corrected chi connectivity index (χ2v) is 10.6. The van der Waals surface area contributed by atoms with Crippen molar-refractivity contribution in [3.63, 3.8) is 0 Å². The van der Waals surface area contributed by atoms with Gasteiger partial charge in [-0.15, -0.1) is 0 Å². The Kier molecular flexibility index (Phi) is 4.03. The van der Waals surface area contributed by atoms with Gasteiger partial charge in [0.05, 0.1) is 12.5 Å². The maximum absolute atomic E-state index is 12.3. The Morgan fingerprint density at radius 2 is 1.85 bits per heavy atom. The van der Waals surface area contributed by atoms with E-state index in [1.165, 1.54) is 26.2 Å². The lowest BCUT2D eigenvalue weighted by atomic mass is 9.38. The summed E-state index contributed by atoms with van der Waals surface area (Å²) in [6, 6.07) is 0. The summed E-state index contributed by atoms with van der Waals surface area (Å²) in [4.78, 5) is 24.3. The van der Waals surface area contributed by atoms with Crippen LogP contribution >= 0.6 is 0 Å². The van der Waals surface area contributed by atoms with Gasteiger partial charge in [-0.1, -0.05) is 34.1 Å². The van der Waals surface area contributed by atoms with Crippen molar-refractivity contribution >= 4 is 11.9 Å². The van der Waals surface area contributed by atoms with E-state index in [1.807, 2.05) is 0 Å². The van der Waals surface area contributed by atoms with E-state index in [-0.39, 0.29) is 46.1 Å². The third-order valence-corrected chi connectivity index (χ3v) is 9.03. The van der Waals surface area contributed by atoms with Crippen LogP contribution in [0.4, 0.5) is 0 Å². The topological polar surface area (TPSA) is 52.6 Å². The van der Waals surface area contributed by atoms with Crippen molar-refractivity contribution in [2.75, 3.05) is 6.61 Å². The van der Waals surface area contributed by atoms with Gasteiger partial charge < -0.3 is 9.47 Å². The predicted octanol–water partition coefficient (Wildman–Crippen LogP) is 4.36. The molecule has 3 saturated carbocycles. The van der Waals surface area contributed by atoms with Gasteiger partial charge in [0, 0.05) is 18.3 Å². The molecule has 3 aliphatic carbocycles. The molecule has 26 heavy (non-hydrogen) atoms. The molecule has 0 amide bonds. The Morgan fingerprint density at radius 3 is 2.54 bits per heavy atom. The van der Waals surface area contributed by atoms with E-state index in [4.69, 9.17) is 9.47 Å². The molecule has 0 aromatic rings. The van der Waals surface area contributed by atoms with Crippen LogP contribution in [-0.2, 0) is 19.1 Å². The highest BCUT2D eigenvalue weighted by atomic mass is 16.5. The number of esters is 2. The van der Waals surface area contributed by atoms with Gasteiger partial charge in [-0.2, -0.15) is 0 Å². The summed E-state index contributed by atoms with van der Waals surface area (Å²) >= 11 is 0. The maximum atomic E-state index is 12.3. The number of hydrogen-bond acceptors (Lipinski definition) is 4. The summed E-state index contributed by atoms with van der Waals surface area (Å²) in [5.74, 6) is 0.980. The van der Waals surface area contributed by atoms with E-state index >= 15 is 0 Å². The molecule has 0 N–H and O–H groups in total. The molecule has 0 unspecified atom stereocenters. The number of fused-ring (bicyclic) bond motifs is 5. The van der Waals surface area contributed by atoms with Gasteiger partial charge in [-0.3, -0.25) is 9.59 Å². The van der Waals surface area contributed by atoms with Crippen LogP contribution in [0.1, 0.15) is 73.1 Å². The molecule has 4 nitrogen and oxygen atoms in total. The lowest BCUT2D eigenvalue weighted by Crippen LogP contribution is -2.65. The van der Waals surface area contributed by atoms with Crippen molar-refractivity contribution in [3.8, 4) is 0 Å². The van der Waals surface area contributed by atoms with Gasteiger partial charge >= 0.3 is 11.9 Å². The third-order valence-electron chi connectivity index (χ3n) is 9.03. The van der Waals surface area contributed by atoms with Crippen LogP contribution in [0.15, 0.2) is 0 Å². The van der Waals surface area contributed by atoms with Gasteiger partial charge in [-0.05, 0) is 54.8 Å². The number of ether oxygens (including phenoxy) is 2. The molecule has 0 aromatic carbocycles. The summed E-state index contributed by atoms with van der Waals surface area (Å²) in [6.07, 6.45) is 6.56. The zero-order chi connectivity index (χ0) is 18.9. The Balaban J connectivity index is 1.80. The average molecular weight is 363 g/mol. The molecule has 7 atom stereocenters. The van der Waals surface area contributed by atoms with Crippen LogP contribution in [0.25, 0.3) is 0 Å². The monoisotopic (exact) mass is 362 g/mol. The lowest BCUT2D eigenvalue weighted by molar-refractivity contribution is -0.230. The van der Waals surface area contributed by atoms with Gasteiger partial charge in [-0.25, -0.2) is 0 Å². The highest BCUT2D eigenvalue weighted by molar-refractivity contribution is 5.75. The maximum Gasteiger partial charge on any atom is 0.309 e. The first kappa shape index (κ1) is 18.3. The summed E-state index contributed by atoms with van der Waals surface area (Å²) < 4.78 is 11.5. The summed E-state index contributed by atoms with van der Waals surface area (Å²) in [5.41, 5.74) is 0.356. The molecule has 1 aliphatic heterocycles. The van der Waals surface area contributed by atoms with Gasteiger partial charge in [0.15, 0.2) is 0 Å². The Bertz CT molecular complexity index is 626. The molecule has 1 heterocycles. The molecular formula is C22H34O4. The van der Waals surface area contributed by atoms with E-state index in [1.54, 1.807) is 0 Å². The first-order valence-corrected chi connectivity index (χ1v) is 10.4. The van der Waals surface area contributed by atoms with Crippen molar-refractivity contribution in [1.29, 1.82) is 0 Å². The van der Waals surface area contributed by atoms with Crippen molar-refractivity contribution in [2.24, 2.45) is 39.9 Å². The van der Waals surface area contributed by atoms with Crippen LogP contribution in [0.5, 0.6) is 0 Å². The Hall–Kier alpha value is -1.06. The summed E-state index contributed by atoms with van der Waals surface area (Å²) in [6.45, 7) is 11.6. The smallest absolute Gasteiger partial charge is 0.309 e. The van der Waals surface area contributed by atoms with Gasteiger partial charge in [0.2, 0.25) is 0 Å². The van der Waals surface area contributed by atoms with Crippen molar-refractivity contribution < 1.29 is 19.1 Å². The fourth-order valence-corrected chi connectivity index (χ4v) is 7.93. The number of carbonyl (C=O) groups excluding carboxylic acids is 2. The molecule has 0 spiro atoms. The standard InChI is InChI=1S/C22H34O4/c1-13(23)26-18-11-17-20(2,3)9-6-10-21(17,4)16-8-7-14-15(22(16,18)5)12-25-19(14)24/h14-18H,6-12H2,1-5H3/t14-,15-,16-,17+,18-,21-,22+/m1/s1. The van der Waals surface area contributed by atoms with E-state index in [9.17, 15) is 9.59 Å². The van der Waals surface area contributed by atoms with Crippen LogP contribution in [0, 0.1) is 39.9 Å². The number of cyclic esters (lactones) is 1. The fourth-order valence-electron chi connectivity index (χ4n) is 7.93. The van der Waals surface area contributed by atoms with Gasteiger partial charge in [0.1, 0.15) is 6.10 Å².